The second kappa shape index (κ2) is 6.10. The second-order valence-corrected chi connectivity index (χ2v) is 4.09. The minimum absolute atomic E-state index is 0.0974. The Bertz CT molecular complexity index is 357. The minimum atomic E-state index is -0.0974. The van der Waals surface area contributed by atoms with E-state index in [-0.39, 0.29) is 5.91 Å². The average molecular weight is 293 g/mol. The van der Waals surface area contributed by atoms with Gasteiger partial charge in [0.25, 0.3) is 0 Å². The van der Waals surface area contributed by atoms with Crippen molar-refractivity contribution in [2.75, 3.05) is 19.0 Å². The highest BCUT2D eigenvalue weighted by atomic mass is 79.9. The van der Waals surface area contributed by atoms with E-state index >= 15 is 0 Å². The Labute approximate surface area is 102 Å². The average Bonchev–Trinajstić information content (AvgIpc) is 2.22. The molecular formula is C10H11BrClNO2. The van der Waals surface area contributed by atoms with Crippen LogP contribution in [0.3, 0.4) is 0 Å². The standard InChI is InChI=1S/C10H11BrClNO2/c1-15-6-5-9(14)13-8-4-2-3-7(12)10(8)11/h2-4H,5-6H2,1H3,(H,13,14). The maximum absolute atomic E-state index is 11.4. The molecule has 0 bridgehead atoms. The van der Waals surface area contributed by atoms with Gasteiger partial charge in [0.1, 0.15) is 0 Å². The van der Waals surface area contributed by atoms with Gasteiger partial charge >= 0.3 is 0 Å². The van der Waals surface area contributed by atoms with Gasteiger partial charge in [-0.1, -0.05) is 17.7 Å². The van der Waals surface area contributed by atoms with Gasteiger partial charge in [0.05, 0.1) is 28.2 Å². The van der Waals surface area contributed by atoms with Crippen molar-refractivity contribution in [2.24, 2.45) is 0 Å². The summed E-state index contributed by atoms with van der Waals surface area (Å²) in [7, 11) is 1.56. The van der Waals surface area contributed by atoms with E-state index < -0.39 is 0 Å². The molecule has 1 N–H and O–H groups in total. The third kappa shape index (κ3) is 3.81. The molecule has 1 aromatic rings. The Morgan fingerprint density at radius 1 is 1.60 bits per heavy atom. The van der Waals surface area contributed by atoms with E-state index in [0.717, 1.165) is 0 Å². The summed E-state index contributed by atoms with van der Waals surface area (Å²) in [5.74, 6) is -0.0974. The largest absolute Gasteiger partial charge is 0.384 e. The maximum atomic E-state index is 11.4. The molecule has 0 atom stereocenters. The predicted molar refractivity (Wildman–Crippen MR) is 64.3 cm³/mol. The van der Waals surface area contributed by atoms with Gasteiger partial charge < -0.3 is 10.1 Å². The normalized spacial score (nSPS) is 10.1. The highest BCUT2D eigenvalue weighted by molar-refractivity contribution is 9.10. The van der Waals surface area contributed by atoms with E-state index in [1.165, 1.54) is 0 Å². The first-order valence-corrected chi connectivity index (χ1v) is 5.55. The Balaban J connectivity index is 2.64. The van der Waals surface area contributed by atoms with Crippen LogP contribution >= 0.6 is 27.5 Å². The summed E-state index contributed by atoms with van der Waals surface area (Å²) in [4.78, 5) is 11.4. The van der Waals surface area contributed by atoms with Crippen LogP contribution in [0.25, 0.3) is 0 Å². The van der Waals surface area contributed by atoms with E-state index in [9.17, 15) is 4.79 Å². The first-order valence-electron chi connectivity index (χ1n) is 4.38. The van der Waals surface area contributed by atoms with Crippen molar-refractivity contribution in [3.8, 4) is 0 Å². The molecule has 0 aromatic heterocycles. The third-order valence-corrected chi connectivity index (χ3v) is 3.16. The lowest BCUT2D eigenvalue weighted by molar-refractivity contribution is -0.117. The van der Waals surface area contributed by atoms with Crippen molar-refractivity contribution in [1.29, 1.82) is 0 Å². The fraction of sp³-hybridized carbons (Fsp3) is 0.300. The molecule has 1 aromatic carbocycles. The Hall–Kier alpha value is -0.580. The van der Waals surface area contributed by atoms with Gasteiger partial charge in [-0.3, -0.25) is 4.79 Å². The van der Waals surface area contributed by atoms with E-state index in [1.807, 2.05) is 0 Å². The van der Waals surface area contributed by atoms with Crippen LogP contribution in [0.1, 0.15) is 6.42 Å². The number of nitrogens with one attached hydrogen (secondary N) is 1. The van der Waals surface area contributed by atoms with E-state index in [2.05, 4.69) is 21.2 Å². The maximum Gasteiger partial charge on any atom is 0.226 e. The number of methoxy groups -OCH3 is 1. The predicted octanol–water partition coefficient (Wildman–Crippen LogP) is 3.08. The Morgan fingerprint density at radius 2 is 2.33 bits per heavy atom. The van der Waals surface area contributed by atoms with Gasteiger partial charge in [-0.05, 0) is 28.1 Å². The number of rotatable bonds is 4. The van der Waals surface area contributed by atoms with E-state index in [4.69, 9.17) is 16.3 Å². The summed E-state index contributed by atoms with van der Waals surface area (Å²) in [6, 6.07) is 5.30. The van der Waals surface area contributed by atoms with Crippen LogP contribution < -0.4 is 5.32 Å². The summed E-state index contributed by atoms with van der Waals surface area (Å²) in [6.07, 6.45) is 0.329. The van der Waals surface area contributed by atoms with Crippen molar-refractivity contribution < 1.29 is 9.53 Å². The summed E-state index contributed by atoms with van der Waals surface area (Å²) in [5, 5.41) is 3.30. The van der Waals surface area contributed by atoms with Crippen molar-refractivity contribution in [1.82, 2.24) is 0 Å². The number of carbonyl (C=O) groups is 1. The number of carbonyl (C=O) groups excluding carboxylic acids is 1. The number of amides is 1. The van der Waals surface area contributed by atoms with Gasteiger partial charge in [0.15, 0.2) is 0 Å². The van der Waals surface area contributed by atoms with Crippen LogP contribution in [0, 0.1) is 0 Å². The zero-order chi connectivity index (χ0) is 11.3. The molecule has 0 aliphatic carbocycles. The summed E-state index contributed by atoms with van der Waals surface area (Å²) >= 11 is 9.18. The van der Waals surface area contributed by atoms with Crippen molar-refractivity contribution in [3.05, 3.63) is 27.7 Å². The number of hydrogen-bond acceptors (Lipinski definition) is 2. The zero-order valence-corrected chi connectivity index (χ0v) is 10.6. The first-order chi connectivity index (χ1) is 7.15. The fourth-order valence-corrected chi connectivity index (χ4v) is 1.55. The van der Waals surface area contributed by atoms with Crippen LogP contribution in [0.15, 0.2) is 22.7 Å². The minimum Gasteiger partial charge on any atom is -0.384 e. The van der Waals surface area contributed by atoms with Crippen LogP contribution in [0.4, 0.5) is 5.69 Å². The van der Waals surface area contributed by atoms with Crippen LogP contribution in [0.5, 0.6) is 0 Å². The molecule has 3 nitrogen and oxygen atoms in total. The Kier molecular flexibility index (Phi) is 5.08. The van der Waals surface area contributed by atoms with E-state index in [1.54, 1.807) is 25.3 Å². The molecule has 0 aliphatic rings. The molecule has 0 unspecified atom stereocenters. The molecule has 1 rings (SSSR count). The van der Waals surface area contributed by atoms with Crippen molar-refractivity contribution >= 4 is 39.1 Å². The summed E-state index contributed by atoms with van der Waals surface area (Å²) in [5.41, 5.74) is 0.670. The smallest absolute Gasteiger partial charge is 0.226 e. The molecule has 0 radical (unpaired) electrons. The number of ether oxygens (including phenoxy) is 1. The van der Waals surface area contributed by atoms with Crippen molar-refractivity contribution in [3.63, 3.8) is 0 Å². The molecule has 0 saturated carbocycles. The highest BCUT2D eigenvalue weighted by Gasteiger charge is 2.07. The lowest BCUT2D eigenvalue weighted by Crippen LogP contribution is -2.13. The highest BCUT2D eigenvalue weighted by Crippen LogP contribution is 2.29. The zero-order valence-electron chi connectivity index (χ0n) is 8.22. The van der Waals surface area contributed by atoms with Gasteiger partial charge in [-0.15, -0.1) is 0 Å². The van der Waals surface area contributed by atoms with Gasteiger partial charge in [-0.2, -0.15) is 0 Å². The number of anilines is 1. The molecule has 1 amide bonds. The molecule has 0 saturated heterocycles. The molecule has 15 heavy (non-hydrogen) atoms. The third-order valence-electron chi connectivity index (χ3n) is 1.76. The van der Waals surface area contributed by atoms with Gasteiger partial charge in [0, 0.05) is 7.11 Å². The van der Waals surface area contributed by atoms with Crippen LogP contribution in [0.2, 0.25) is 5.02 Å². The molecule has 0 aliphatic heterocycles. The summed E-state index contributed by atoms with van der Waals surface area (Å²) in [6.45, 7) is 0.407. The number of hydrogen-bond donors (Lipinski definition) is 1. The Morgan fingerprint density at radius 3 is 3.00 bits per heavy atom. The van der Waals surface area contributed by atoms with Gasteiger partial charge in [-0.25, -0.2) is 0 Å². The van der Waals surface area contributed by atoms with E-state index in [0.29, 0.717) is 28.2 Å². The monoisotopic (exact) mass is 291 g/mol. The lowest BCUT2D eigenvalue weighted by Gasteiger charge is -2.07. The number of benzene rings is 1. The van der Waals surface area contributed by atoms with Crippen LogP contribution in [-0.4, -0.2) is 19.6 Å². The molecule has 0 spiro atoms. The molecule has 0 fully saturated rings. The lowest BCUT2D eigenvalue weighted by atomic mass is 10.3. The van der Waals surface area contributed by atoms with Gasteiger partial charge in [0.2, 0.25) is 5.91 Å². The van der Waals surface area contributed by atoms with Crippen LogP contribution in [-0.2, 0) is 9.53 Å². The number of halogens is 2. The second-order valence-electron chi connectivity index (χ2n) is 2.89. The first kappa shape index (κ1) is 12.5. The van der Waals surface area contributed by atoms with Crippen molar-refractivity contribution in [2.45, 2.75) is 6.42 Å². The fourth-order valence-electron chi connectivity index (χ4n) is 1.01. The topological polar surface area (TPSA) is 38.3 Å². The molecular weight excluding hydrogens is 281 g/mol. The molecule has 82 valence electrons. The quantitative estimate of drug-likeness (QED) is 0.926. The molecule has 5 heteroatoms. The SMILES string of the molecule is COCCC(=O)Nc1cccc(Cl)c1Br. The summed E-state index contributed by atoms with van der Waals surface area (Å²) < 4.78 is 5.50. The molecule has 0 heterocycles.